The van der Waals surface area contributed by atoms with Crippen LogP contribution in [0.4, 0.5) is 10.3 Å². The van der Waals surface area contributed by atoms with Gasteiger partial charge in [-0.15, -0.1) is 20.4 Å². The molecular weight excluding hydrogens is 280 g/mol. The first kappa shape index (κ1) is 14.1. The zero-order valence-electron chi connectivity index (χ0n) is 11.0. The van der Waals surface area contributed by atoms with Gasteiger partial charge in [-0.3, -0.25) is 0 Å². The summed E-state index contributed by atoms with van der Waals surface area (Å²) in [5, 5.41) is 19.0. The minimum atomic E-state index is 0.404. The minimum Gasteiger partial charge on any atom is -0.374 e. The molecule has 0 radical (unpaired) electrons. The van der Waals surface area contributed by atoms with E-state index in [2.05, 4.69) is 34.2 Å². The van der Waals surface area contributed by atoms with Crippen LogP contribution in [0.25, 0.3) is 0 Å². The van der Waals surface area contributed by atoms with Gasteiger partial charge in [0.1, 0.15) is 10.0 Å². The van der Waals surface area contributed by atoms with E-state index < -0.39 is 0 Å². The van der Waals surface area contributed by atoms with Gasteiger partial charge in [-0.1, -0.05) is 42.9 Å². The molecular formula is C11H18N6S2. The fraction of sp³-hybridized carbons (Fsp3) is 0.636. The lowest BCUT2D eigenvalue weighted by Crippen LogP contribution is -1.97. The Morgan fingerprint density at radius 1 is 0.842 bits per heavy atom. The second kappa shape index (κ2) is 6.25. The molecule has 0 aliphatic heterocycles. The van der Waals surface area contributed by atoms with Crippen LogP contribution in [0.2, 0.25) is 0 Å². The van der Waals surface area contributed by atoms with Gasteiger partial charge in [-0.2, -0.15) is 0 Å². The summed E-state index contributed by atoms with van der Waals surface area (Å²) in [4.78, 5) is 0. The average Bonchev–Trinajstić information content (AvgIpc) is 2.98. The zero-order valence-corrected chi connectivity index (χ0v) is 12.7. The van der Waals surface area contributed by atoms with Crippen LogP contribution < -0.4 is 11.5 Å². The van der Waals surface area contributed by atoms with Gasteiger partial charge in [-0.25, -0.2) is 0 Å². The van der Waals surface area contributed by atoms with Gasteiger partial charge >= 0.3 is 0 Å². The lowest BCUT2D eigenvalue weighted by Gasteiger charge is -2.10. The summed E-state index contributed by atoms with van der Waals surface area (Å²) in [5.74, 6) is 0.808. The van der Waals surface area contributed by atoms with Crippen molar-refractivity contribution in [2.45, 2.75) is 44.9 Å². The number of aromatic nitrogens is 4. The third-order valence-corrected chi connectivity index (χ3v) is 5.00. The summed E-state index contributed by atoms with van der Waals surface area (Å²) in [6.07, 6.45) is 3.27. The summed E-state index contributed by atoms with van der Waals surface area (Å²) in [6, 6.07) is 0. The van der Waals surface area contributed by atoms with E-state index in [0.29, 0.717) is 22.1 Å². The lowest BCUT2D eigenvalue weighted by molar-refractivity contribution is 0.554. The van der Waals surface area contributed by atoms with E-state index in [9.17, 15) is 0 Å². The lowest BCUT2D eigenvalue weighted by atomic mass is 9.99. The van der Waals surface area contributed by atoms with Crippen molar-refractivity contribution in [1.29, 1.82) is 0 Å². The van der Waals surface area contributed by atoms with Gasteiger partial charge in [0.2, 0.25) is 10.3 Å². The van der Waals surface area contributed by atoms with E-state index in [1.165, 1.54) is 22.7 Å². The number of nitrogen functional groups attached to an aromatic ring is 2. The number of nitrogens with zero attached hydrogens (tertiary/aromatic N) is 4. The first-order valence-electron chi connectivity index (χ1n) is 6.24. The van der Waals surface area contributed by atoms with Crippen molar-refractivity contribution in [3.8, 4) is 0 Å². The number of anilines is 2. The van der Waals surface area contributed by atoms with E-state index in [0.717, 1.165) is 29.3 Å². The molecule has 0 aliphatic carbocycles. The van der Waals surface area contributed by atoms with E-state index in [4.69, 9.17) is 11.5 Å². The van der Waals surface area contributed by atoms with Crippen molar-refractivity contribution >= 4 is 32.9 Å². The van der Waals surface area contributed by atoms with Crippen LogP contribution in [0, 0.1) is 0 Å². The van der Waals surface area contributed by atoms with Crippen molar-refractivity contribution in [2.24, 2.45) is 0 Å². The van der Waals surface area contributed by atoms with Gasteiger partial charge in [0, 0.05) is 11.8 Å². The molecule has 0 amide bonds. The highest BCUT2D eigenvalue weighted by Crippen LogP contribution is 2.29. The summed E-state index contributed by atoms with van der Waals surface area (Å²) in [5.41, 5.74) is 11.2. The third-order valence-electron chi connectivity index (χ3n) is 3.03. The number of nitrogens with two attached hydrogens (primary N) is 2. The Hall–Kier alpha value is -1.28. The monoisotopic (exact) mass is 298 g/mol. The van der Waals surface area contributed by atoms with Gasteiger partial charge in [0.15, 0.2) is 0 Å². The SMILES string of the molecule is CC(CCCC(C)c1nnc(N)s1)c1nnc(N)s1. The van der Waals surface area contributed by atoms with E-state index in [-0.39, 0.29) is 0 Å². The molecule has 0 bridgehead atoms. The molecule has 8 heteroatoms. The third kappa shape index (κ3) is 3.84. The number of rotatable bonds is 6. The summed E-state index contributed by atoms with van der Waals surface area (Å²) >= 11 is 2.95. The largest absolute Gasteiger partial charge is 0.374 e. The van der Waals surface area contributed by atoms with E-state index in [1.54, 1.807) is 0 Å². The van der Waals surface area contributed by atoms with Crippen molar-refractivity contribution < 1.29 is 0 Å². The molecule has 2 heterocycles. The molecule has 2 aromatic rings. The highest BCUT2D eigenvalue weighted by atomic mass is 32.1. The molecule has 0 fully saturated rings. The topological polar surface area (TPSA) is 104 Å². The highest BCUT2D eigenvalue weighted by Gasteiger charge is 2.14. The number of hydrogen-bond acceptors (Lipinski definition) is 8. The van der Waals surface area contributed by atoms with Crippen molar-refractivity contribution in [1.82, 2.24) is 20.4 Å². The first-order valence-corrected chi connectivity index (χ1v) is 7.87. The second-order valence-electron chi connectivity index (χ2n) is 4.69. The first-order chi connectivity index (χ1) is 9.06. The molecule has 104 valence electrons. The smallest absolute Gasteiger partial charge is 0.203 e. The van der Waals surface area contributed by atoms with Gasteiger partial charge < -0.3 is 11.5 Å². The quantitative estimate of drug-likeness (QED) is 0.849. The Bertz CT molecular complexity index is 476. The molecule has 2 unspecified atom stereocenters. The van der Waals surface area contributed by atoms with Crippen LogP contribution in [-0.4, -0.2) is 20.4 Å². The standard InChI is InChI=1S/C11H18N6S2/c1-6(8-14-16-10(12)18-8)4-3-5-7(2)9-15-17-11(13)19-9/h6-7H,3-5H2,1-2H3,(H2,12,16)(H2,13,17). The molecule has 0 aliphatic rings. The maximum atomic E-state index is 5.59. The Morgan fingerprint density at radius 3 is 1.58 bits per heavy atom. The molecule has 2 aromatic heterocycles. The summed E-state index contributed by atoms with van der Waals surface area (Å²) in [7, 11) is 0. The normalized spacial score (nSPS) is 14.4. The Kier molecular flexibility index (Phi) is 4.65. The highest BCUT2D eigenvalue weighted by molar-refractivity contribution is 7.15. The predicted octanol–water partition coefficient (Wildman–Crippen LogP) is 2.63. The molecule has 0 spiro atoms. The molecule has 0 saturated carbocycles. The predicted molar refractivity (Wildman–Crippen MR) is 79.3 cm³/mol. The van der Waals surface area contributed by atoms with Crippen LogP contribution in [-0.2, 0) is 0 Å². The Labute approximate surface area is 120 Å². The summed E-state index contributed by atoms with van der Waals surface area (Å²) in [6.45, 7) is 4.32. The minimum absolute atomic E-state index is 0.404. The zero-order chi connectivity index (χ0) is 13.8. The van der Waals surface area contributed by atoms with Crippen molar-refractivity contribution in [2.75, 3.05) is 11.5 Å². The molecule has 4 N–H and O–H groups in total. The van der Waals surface area contributed by atoms with Crippen LogP contribution in [0.15, 0.2) is 0 Å². The van der Waals surface area contributed by atoms with Crippen LogP contribution in [0.3, 0.4) is 0 Å². The molecule has 2 atom stereocenters. The fourth-order valence-corrected chi connectivity index (χ4v) is 3.26. The van der Waals surface area contributed by atoms with Crippen molar-refractivity contribution in [3.63, 3.8) is 0 Å². The molecule has 0 saturated heterocycles. The fourth-order valence-electron chi connectivity index (χ4n) is 1.87. The van der Waals surface area contributed by atoms with Crippen LogP contribution in [0.1, 0.15) is 55.0 Å². The number of hydrogen-bond donors (Lipinski definition) is 2. The second-order valence-corrected chi connectivity index (χ2v) is 6.77. The Balaban J connectivity index is 1.77. The van der Waals surface area contributed by atoms with Gasteiger partial charge in [-0.05, 0) is 12.8 Å². The van der Waals surface area contributed by atoms with Gasteiger partial charge in [0.25, 0.3) is 0 Å². The summed E-state index contributed by atoms with van der Waals surface area (Å²) < 4.78 is 0. The molecule has 6 nitrogen and oxygen atoms in total. The van der Waals surface area contributed by atoms with Crippen LogP contribution in [0.5, 0.6) is 0 Å². The Morgan fingerprint density at radius 2 is 1.26 bits per heavy atom. The maximum absolute atomic E-state index is 5.59. The van der Waals surface area contributed by atoms with E-state index >= 15 is 0 Å². The molecule has 0 aromatic carbocycles. The molecule has 19 heavy (non-hydrogen) atoms. The molecule has 2 rings (SSSR count). The van der Waals surface area contributed by atoms with Crippen molar-refractivity contribution in [3.05, 3.63) is 10.0 Å². The van der Waals surface area contributed by atoms with Crippen LogP contribution >= 0.6 is 22.7 Å². The van der Waals surface area contributed by atoms with E-state index in [1.807, 2.05) is 0 Å². The average molecular weight is 298 g/mol. The maximum Gasteiger partial charge on any atom is 0.203 e. The van der Waals surface area contributed by atoms with Gasteiger partial charge in [0.05, 0.1) is 0 Å².